The van der Waals surface area contributed by atoms with Crippen LogP contribution in [0.25, 0.3) is 11.1 Å². The molecule has 0 aliphatic carbocycles. The summed E-state index contributed by atoms with van der Waals surface area (Å²) in [5.74, 6) is -3.50. The number of thioether (sulfide) groups is 1. The van der Waals surface area contributed by atoms with Gasteiger partial charge in [0.25, 0.3) is 11.8 Å². The van der Waals surface area contributed by atoms with Gasteiger partial charge >= 0.3 is 0 Å². The summed E-state index contributed by atoms with van der Waals surface area (Å²) in [5, 5.41) is 8.33. The fourth-order valence-corrected chi connectivity index (χ4v) is 7.60. The lowest BCUT2D eigenvalue weighted by molar-refractivity contribution is -0.141. The molecule has 0 radical (unpaired) electrons. The molecule has 55 heavy (non-hydrogen) atoms. The maximum Gasteiger partial charge on any atom is 0.254 e. The Morgan fingerprint density at radius 2 is 1.65 bits per heavy atom. The predicted octanol–water partition coefficient (Wildman–Crippen LogP) is 4.24. The first-order valence-electron chi connectivity index (χ1n) is 18.2. The molecule has 0 saturated carbocycles. The van der Waals surface area contributed by atoms with Gasteiger partial charge in [-0.15, -0.1) is 0 Å². The monoisotopic (exact) mass is 780 g/mol. The van der Waals surface area contributed by atoms with Crippen molar-refractivity contribution in [3.63, 3.8) is 0 Å². The Labute approximate surface area is 323 Å². The Balaban J connectivity index is 1.28. The molecular formula is C40H47F3N6O5S. The Morgan fingerprint density at radius 3 is 2.31 bits per heavy atom. The van der Waals surface area contributed by atoms with Crippen LogP contribution in [0, 0.1) is 23.0 Å². The van der Waals surface area contributed by atoms with E-state index in [0.717, 1.165) is 40.8 Å². The summed E-state index contributed by atoms with van der Waals surface area (Å²) in [6.07, 6.45) is 2.89. The van der Waals surface area contributed by atoms with Gasteiger partial charge in [-0.2, -0.15) is 11.8 Å². The maximum absolute atomic E-state index is 15.2. The van der Waals surface area contributed by atoms with Crippen LogP contribution in [-0.2, 0) is 30.5 Å². The molecule has 3 aromatic rings. The molecule has 3 N–H and O–H groups in total. The number of benzene rings is 2. The van der Waals surface area contributed by atoms with Crippen LogP contribution < -0.4 is 16.0 Å². The minimum absolute atomic E-state index is 0.0145. The number of alkyl halides is 1. The van der Waals surface area contributed by atoms with Gasteiger partial charge in [-0.3, -0.25) is 28.9 Å². The van der Waals surface area contributed by atoms with Gasteiger partial charge in [-0.1, -0.05) is 51.1 Å². The van der Waals surface area contributed by atoms with Gasteiger partial charge in [-0.25, -0.2) is 13.2 Å². The zero-order valence-electron chi connectivity index (χ0n) is 31.2. The minimum Gasteiger partial charge on any atom is -0.354 e. The van der Waals surface area contributed by atoms with Gasteiger partial charge in [0, 0.05) is 92.5 Å². The fraction of sp³-hybridized carbons (Fsp3) is 0.425. The van der Waals surface area contributed by atoms with E-state index in [-0.39, 0.29) is 55.7 Å². The smallest absolute Gasteiger partial charge is 0.254 e. The number of aromatic nitrogens is 1. The number of halogens is 3. The van der Waals surface area contributed by atoms with Gasteiger partial charge in [0.15, 0.2) is 0 Å². The van der Waals surface area contributed by atoms with Crippen LogP contribution in [-0.4, -0.2) is 101 Å². The lowest BCUT2D eigenvalue weighted by Gasteiger charge is -2.42. The molecule has 15 heteroatoms. The van der Waals surface area contributed by atoms with Crippen molar-refractivity contribution in [3.8, 4) is 11.1 Å². The van der Waals surface area contributed by atoms with Gasteiger partial charge in [0.2, 0.25) is 17.7 Å². The summed E-state index contributed by atoms with van der Waals surface area (Å²) in [6, 6.07) is 14.1. The van der Waals surface area contributed by atoms with E-state index in [2.05, 4.69) is 16.0 Å². The Kier molecular flexibility index (Phi) is 14.0. The summed E-state index contributed by atoms with van der Waals surface area (Å²) in [7, 11) is 0. The van der Waals surface area contributed by atoms with Crippen LogP contribution in [0.4, 0.5) is 13.2 Å². The molecule has 3 atom stereocenters. The first-order valence-corrected chi connectivity index (χ1v) is 19.3. The topological polar surface area (TPSA) is 133 Å². The van der Waals surface area contributed by atoms with Gasteiger partial charge in [-0.05, 0) is 35.2 Å². The van der Waals surface area contributed by atoms with E-state index in [4.69, 9.17) is 0 Å². The zero-order chi connectivity index (χ0) is 39.7. The SMILES string of the molecule is CC(C)(C)C(c1cc(-c2cc(F)ccc2F)cn1Cc1ccccc1)N(C[C@@H]1CNC[C@@H]1F)C(=O)CSCCC(=O)NCCNC(=O)CN1C(=O)C=CC1=O. The highest BCUT2D eigenvalue weighted by Gasteiger charge is 2.40. The largest absolute Gasteiger partial charge is 0.354 e. The van der Waals surface area contributed by atoms with E-state index in [1.807, 2.05) is 55.7 Å². The number of carbonyl (C=O) groups excluding carboxylic acids is 5. The molecule has 2 aliphatic heterocycles. The van der Waals surface area contributed by atoms with Gasteiger partial charge in [0.1, 0.15) is 24.4 Å². The van der Waals surface area contributed by atoms with E-state index in [1.165, 1.54) is 11.8 Å². The van der Waals surface area contributed by atoms with Crippen molar-refractivity contribution in [1.82, 2.24) is 30.3 Å². The standard InChI is InChI=1S/C40H47F3N6O5S/c1-40(2,3)39(33-17-27(30-18-29(41)9-10-31(30)42)22-47(33)21-26-7-5-4-6-8-26)49(23-28-19-44-20-32(28)43)38(54)25-55-16-13-34(50)45-14-15-46-35(51)24-48-36(52)11-12-37(48)53/h4-12,17-18,22,28,32,39,44H,13-16,19-21,23-25H2,1-3H3,(H,45,50)(H,46,51)/t28-,32-,39?/m0/s1. The summed E-state index contributed by atoms with van der Waals surface area (Å²) >= 11 is 1.27. The molecule has 3 heterocycles. The third kappa shape index (κ3) is 11.1. The number of nitrogens with one attached hydrogen (secondary N) is 3. The third-order valence-corrected chi connectivity index (χ3v) is 10.4. The van der Waals surface area contributed by atoms with Crippen molar-refractivity contribution in [2.75, 3.05) is 50.8 Å². The van der Waals surface area contributed by atoms with E-state index >= 15 is 8.78 Å². The maximum atomic E-state index is 15.2. The van der Waals surface area contributed by atoms with Crippen molar-refractivity contribution in [2.45, 2.75) is 46.0 Å². The summed E-state index contributed by atoms with van der Waals surface area (Å²) < 4.78 is 46.6. The van der Waals surface area contributed by atoms with Gasteiger partial charge in [0.05, 0.1) is 11.8 Å². The first kappa shape index (κ1) is 41.3. The second-order valence-electron chi connectivity index (χ2n) is 14.7. The second-order valence-corrected chi connectivity index (χ2v) is 15.8. The van der Waals surface area contributed by atoms with Crippen LogP contribution in [0.15, 0.2) is 72.9 Å². The lowest BCUT2D eigenvalue weighted by Crippen LogP contribution is -2.46. The van der Waals surface area contributed by atoms with Crippen molar-refractivity contribution in [3.05, 3.63) is 95.8 Å². The molecule has 2 aliphatic rings. The molecule has 1 unspecified atom stereocenters. The normalized spacial score (nSPS) is 17.5. The summed E-state index contributed by atoms with van der Waals surface area (Å²) in [4.78, 5) is 64.7. The second kappa shape index (κ2) is 18.6. The molecule has 2 aromatic carbocycles. The van der Waals surface area contributed by atoms with E-state index in [0.29, 0.717) is 30.1 Å². The summed E-state index contributed by atoms with van der Waals surface area (Å²) in [5.41, 5.74) is 1.60. The number of hydrogen-bond acceptors (Lipinski definition) is 7. The highest BCUT2D eigenvalue weighted by atomic mass is 32.2. The van der Waals surface area contributed by atoms with Crippen molar-refractivity contribution < 1.29 is 37.1 Å². The highest BCUT2D eigenvalue weighted by Crippen LogP contribution is 2.42. The molecule has 1 saturated heterocycles. The van der Waals surface area contributed by atoms with Crippen molar-refractivity contribution in [1.29, 1.82) is 0 Å². The fourth-order valence-electron chi connectivity index (χ4n) is 6.78. The Hall–Kier alpha value is -4.89. The number of carbonyl (C=O) groups is 5. The third-order valence-electron chi connectivity index (χ3n) is 9.46. The minimum atomic E-state index is -1.16. The molecule has 1 aromatic heterocycles. The molecule has 5 rings (SSSR count). The molecule has 0 bridgehead atoms. The Bertz CT molecular complexity index is 1880. The predicted molar refractivity (Wildman–Crippen MR) is 204 cm³/mol. The summed E-state index contributed by atoms with van der Waals surface area (Å²) in [6.45, 7) is 6.86. The van der Waals surface area contributed by atoms with Crippen LogP contribution in [0.1, 0.15) is 44.5 Å². The molecule has 1 fully saturated rings. The molecule has 5 amide bonds. The molecule has 294 valence electrons. The van der Waals surface area contributed by atoms with Crippen LogP contribution >= 0.6 is 11.8 Å². The van der Waals surface area contributed by atoms with E-state index in [1.54, 1.807) is 17.2 Å². The van der Waals surface area contributed by atoms with Crippen LogP contribution in [0.3, 0.4) is 0 Å². The van der Waals surface area contributed by atoms with Crippen LogP contribution in [0.2, 0.25) is 0 Å². The first-order chi connectivity index (χ1) is 26.2. The number of nitrogens with zero attached hydrogens (tertiary/aromatic N) is 3. The highest BCUT2D eigenvalue weighted by molar-refractivity contribution is 7.99. The molecule has 0 spiro atoms. The lowest BCUT2D eigenvalue weighted by atomic mass is 9.82. The quantitative estimate of drug-likeness (QED) is 0.138. The number of rotatable bonds is 17. The van der Waals surface area contributed by atoms with Crippen molar-refractivity contribution in [2.24, 2.45) is 11.3 Å². The number of imide groups is 1. The van der Waals surface area contributed by atoms with Gasteiger partial charge < -0.3 is 25.4 Å². The molecular weight excluding hydrogens is 734 g/mol. The van der Waals surface area contributed by atoms with Crippen LogP contribution in [0.5, 0.6) is 0 Å². The average molecular weight is 781 g/mol. The zero-order valence-corrected chi connectivity index (χ0v) is 32.0. The number of hydrogen-bond donors (Lipinski definition) is 3. The Morgan fingerprint density at radius 1 is 0.964 bits per heavy atom. The van der Waals surface area contributed by atoms with E-state index < -0.39 is 59.4 Å². The average Bonchev–Trinajstić information content (AvgIpc) is 3.83. The van der Waals surface area contributed by atoms with E-state index in [9.17, 15) is 28.4 Å². The van der Waals surface area contributed by atoms with Crippen molar-refractivity contribution >= 4 is 41.3 Å². The molecule has 11 nitrogen and oxygen atoms in total. The number of amides is 5.